The van der Waals surface area contributed by atoms with Crippen LogP contribution in [0, 0.1) is 5.92 Å². The van der Waals surface area contributed by atoms with E-state index in [9.17, 15) is 23.1 Å². The van der Waals surface area contributed by atoms with Crippen molar-refractivity contribution < 1.29 is 23.1 Å². The number of amides is 2. The molecule has 0 radical (unpaired) electrons. The molecule has 1 N–H and O–H groups in total. The summed E-state index contributed by atoms with van der Waals surface area (Å²) in [6.07, 6.45) is 4.76. The summed E-state index contributed by atoms with van der Waals surface area (Å²) in [6, 6.07) is 8.53. The largest absolute Gasteiger partial charge is 0.768 e. The number of aromatic nitrogens is 1. The van der Waals surface area contributed by atoms with Crippen molar-refractivity contribution in [1.82, 2.24) is 10.3 Å². The highest BCUT2D eigenvalue weighted by Gasteiger charge is 2.42. The summed E-state index contributed by atoms with van der Waals surface area (Å²) < 4.78 is 23.5. The van der Waals surface area contributed by atoms with Gasteiger partial charge in [0.15, 0.2) is 5.78 Å². The number of pyridine rings is 1. The van der Waals surface area contributed by atoms with Gasteiger partial charge in [-0.05, 0) is 63.9 Å². The Morgan fingerprint density at radius 3 is 2.38 bits per heavy atom. The molecule has 2 amide bonds. The Labute approximate surface area is 200 Å². The Bertz CT molecular complexity index is 1250. The molecule has 0 saturated heterocycles. The highest BCUT2D eigenvalue weighted by molar-refractivity contribution is 7.84. The van der Waals surface area contributed by atoms with Crippen molar-refractivity contribution >= 4 is 45.5 Å². The lowest BCUT2D eigenvalue weighted by Gasteiger charge is -2.38. The van der Waals surface area contributed by atoms with E-state index in [1.165, 1.54) is 30.3 Å². The first kappa shape index (κ1) is 23.7. The van der Waals surface area contributed by atoms with Gasteiger partial charge in [0, 0.05) is 25.0 Å². The molecular formula is C25H24N3O5S-. The first-order valence-corrected chi connectivity index (χ1v) is 12.0. The van der Waals surface area contributed by atoms with Crippen molar-refractivity contribution in [3.63, 3.8) is 0 Å². The predicted molar refractivity (Wildman–Crippen MR) is 128 cm³/mol. The Morgan fingerprint density at radius 2 is 1.79 bits per heavy atom. The zero-order valence-corrected chi connectivity index (χ0v) is 19.8. The van der Waals surface area contributed by atoms with E-state index in [1.54, 1.807) is 12.1 Å². The number of carbonyl (C=O) groups excluding carboxylic acids is 3. The lowest BCUT2D eigenvalue weighted by atomic mass is 9.73. The van der Waals surface area contributed by atoms with Crippen molar-refractivity contribution in [2.45, 2.75) is 39.3 Å². The molecule has 0 bridgehead atoms. The first-order chi connectivity index (χ1) is 16.2. The zero-order chi connectivity index (χ0) is 24.6. The fourth-order valence-corrected chi connectivity index (χ4v) is 4.99. The minimum atomic E-state index is -2.76. The van der Waals surface area contributed by atoms with E-state index in [1.807, 2.05) is 38.1 Å². The van der Waals surface area contributed by atoms with Crippen LogP contribution < -0.4 is 10.2 Å². The van der Waals surface area contributed by atoms with Gasteiger partial charge in [0.25, 0.3) is 0 Å². The number of allylic oxidation sites excluding steroid dienone is 2. The van der Waals surface area contributed by atoms with Gasteiger partial charge in [-0.1, -0.05) is 38.1 Å². The Morgan fingerprint density at radius 1 is 1.15 bits per heavy atom. The molecule has 4 rings (SSSR count). The molecule has 0 fully saturated rings. The quantitative estimate of drug-likeness (QED) is 0.611. The number of nitrogens with one attached hydrogen (secondary N) is 1. The number of nitrogens with zero attached hydrogens (tertiary/aromatic N) is 2. The SMILES string of the molecule is CC(=O)N(c1ccncc1)[C@@H](CC(C)C)C(=O)NC1C(=O)C(S(=O)[O-])=CC2=C1c1ccccc12. The third-order valence-electron chi connectivity index (χ3n) is 5.92. The molecule has 0 spiro atoms. The average molecular weight is 479 g/mol. The van der Waals surface area contributed by atoms with Gasteiger partial charge >= 0.3 is 0 Å². The van der Waals surface area contributed by atoms with Crippen molar-refractivity contribution in [2.24, 2.45) is 5.92 Å². The van der Waals surface area contributed by atoms with Crippen LogP contribution in [-0.2, 0) is 25.5 Å². The van der Waals surface area contributed by atoms with E-state index in [0.717, 1.165) is 11.1 Å². The number of fused-ring (bicyclic) bond motifs is 3. The number of anilines is 1. The minimum Gasteiger partial charge on any atom is -0.768 e. The number of ketones is 1. The normalized spacial score (nSPS) is 18.3. The number of rotatable bonds is 7. The molecule has 0 saturated carbocycles. The number of hydrogen-bond donors (Lipinski definition) is 1. The monoisotopic (exact) mass is 478 g/mol. The molecule has 34 heavy (non-hydrogen) atoms. The second kappa shape index (κ2) is 9.44. The number of hydrogen-bond acceptors (Lipinski definition) is 6. The Kier molecular flexibility index (Phi) is 6.58. The molecule has 2 aliphatic rings. The van der Waals surface area contributed by atoms with E-state index in [-0.39, 0.29) is 16.7 Å². The molecule has 3 atom stereocenters. The number of benzene rings is 1. The van der Waals surface area contributed by atoms with Crippen LogP contribution in [0.25, 0.3) is 11.1 Å². The molecular weight excluding hydrogens is 454 g/mol. The van der Waals surface area contributed by atoms with Crippen molar-refractivity contribution in [3.8, 4) is 0 Å². The van der Waals surface area contributed by atoms with Crippen LogP contribution in [0.15, 0.2) is 59.8 Å². The van der Waals surface area contributed by atoms with Crippen LogP contribution in [0.3, 0.4) is 0 Å². The summed E-state index contributed by atoms with van der Waals surface area (Å²) >= 11 is -2.76. The lowest BCUT2D eigenvalue weighted by molar-refractivity contribution is -0.128. The highest BCUT2D eigenvalue weighted by atomic mass is 32.2. The van der Waals surface area contributed by atoms with Gasteiger partial charge in [-0.15, -0.1) is 0 Å². The fraction of sp³-hybridized carbons (Fsp3) is 0.280. The van der Waals surface area contributed by atoms with E-state index in [4.69, 9.17) is 0 Å². The van der Waals surface area contributed by atoms with Crippen molar-refractivity contribution in [1.29, 1.82) is 0 Å². The van der Waals surface area contributed by atoms with Gasteiger partial charge < -0.3 is 14.8 Å². The van der Waals surface area contributed by atoms with Crippen LogP contribution in [0.5, 0.6) is 0 Å². The maximum Gasteiger partial charge on any atom is 0.244 e. The molecule has 0 aliphatic heterocycles. The van der Waals surface area contributed by atoms with Gasteiger partial charge in [-0.25, -0.2) is 0 Å². The van der Waals surface area contributed by atoms with Gasteiger partial charge in [0.2, 0.25) is 11.8 Å². The van der Waals surface area contributed by atoms with Crippen molar-refractivity contribution in [2.75, 3.05) is 4.90 Å². The average Bonchev–Trinajstić information content (AvgIpc) is 2.78. The highest BCUT2D eigenvalue weighted by Crippen LogP contribution is 2.46. The maximum atomic E-state index is 13.6. The van der Waals surface area contributed by atoms with Crippen LogP contribution in [0.4, 0.5) is 5.69 Å². The van der Waals surface area contributed by atoms with E-state index < -0.39 is 34.9 Å². The van der Waals surface area contributed by atoms with E-state index >= 15 is 0 Å². The summed E-state index contributed by atoms with van der Waals surface area (Å²) in [7, 11) is 0. The van der Waals surface area contributed by atoms with Crippen molar-refractivity contribution in [3.05, 3.63) is 70.9 Å². The second-order valence-electron chi connectivity index (χ2n) is 8.66. The minimum absolute atomic E-state index is 0.0605. The van der Waals surface area contributed by atoms with Gasteiger partial charge in [0.1, 0.15) is 12.1 Å². The van der Waals surface area contributed by atoms with E-state index in [2.05, 4.69) is 10.3 Å². The molecule has 9 heteroatoms. The third-order valence-corrected chi connectivity index (χ3v) is 6.60. The Hall–Kier alpha value is -3.43. The summed E-state index contributed by atoms with van der Waals surface area (Å²) in [6.45, 7) is 5.24. The molecule has 1 heterocycles. The van der Waals surface area contributed by atoms with Crippen LogP contribution in [-0.4, -0.2) is 43.4 Å². The zero-order valence-electron chi connectivity index (χ0n) is 19.0. The standard InChI is InChI=1S/C25H25N3O5S/c1-14(2)12-20(28(15(3)29)16-8-10-26-11-9-16)25(31)27-23-22-18-7-5-4-6-17(18)19(22)13-21(24(23)30)34(32)33/h4-11,13-14,20,23H,12H2,1-3H3,(H,27,31)(H,32,33)/p-1/t20-,23?/m0/s1. The number of carbonyl (C=O) groups is 3. The summed E-state index contributed by atoms with van der Waals surface area (Å²) in [5.41, 5.74) is 3.34. The van der Waals surface area contributed by atoms with Crippen LogP contribution >= 0.6 is 0 Å². The Balaban J connectivity index is 1.71. The second-order valence-corrected chi connectivity index (χ2v) is 9.57. The summed E-state index contributed by atoms with van der Waals surface area (Å²) in [4.78, 5) is 44.3. The summed E-state index contributed by atoms with van der Waals surface area (Å²) in [5, 5.41) is 2.77. The smallest absolute Gasteiger partial charge is 0.244 e. The van der Waals surface area contributed by atoms with Gasteiger partial charge in [0.05, 0.1) is 4.91 Å². The molecule has 2 aromatic rings. The predicted octanol–water partition coefficient (Wildman–Crippen LogP) is 2.60. The molecule has 1 aromatic heterocycles. The summed E-state index contributed by atoms with van der Waals surface area (Å²) in [5.74, 6) is -1.51. The number of Topliss-reactive ketones (excluding diaryl/α,β-unsaturated/α-hetero) is 1. The van der Waals surface area contributed by atoms with Crippen LogP contribution in [0.1, 0.15) is 38.3 Å². The van der Waals surface area contributed by atoms with Gasteiger partial charge in [-0.3, -0.25) is 23.6 Å². The lowest BCUT2D eigenvalue weighted by Crippen LogP contribution is -2.55. The van der Waals surface area contributed by atoms with Gasteiger partial charge in [-0.2, -0.15) is 0 Å². The molecule has 1 aromatic carbocycles. The molecule has 176 valence electrons. The topological polar surface area (TPSA) is 120 Å². The molecule has 2 unspecified atom stereocenters. The maximum absolute atomic E-state index is 13.6. The third kappa shape index (κ3) is 4.24. The fourth-order valence-electron chi connectivity index (χ4n) is 4.49. The molecule has 8 nitrogen and oxygen atoms in total. The first-order valence-electron chi connectivity index (χ1n) is 10.9. The van der Waals surface area contributed by atoms with E-state index in [0.29, 0.717) is 23.3 Å². The molecule has 2 aliphatic carbocycles. The van der Waals surface area contributed by atoms with Crippen LogP contribution in [0.2, 0.25) is 0 Å².